The van der Waals surface area contributed by atoms with Crippen molar-refractivity contribution in [2.45, 2.75) is 57.2 Å². The summed E-state index contributed by atoms with van der Waals surface area (Å²) in [6.07, 6.45) is 4.65. The van der Waals surface area contributed by atoms with Crippen molar-refractivity contribution in [3.8, 4) is 0 Å². The molecule has 16 heavy (non-hydrogen) atoms. The molecular formula is C13H24O3. The van der Waals surface area contributed by atoms with Crippen molar-refractivity contribution in [3.63, 3.8) is 0 Å². The molecule has 2 rings (SSSR count). The van der Waals surface area contributed by atoms with Crippen LogP contribution in [0.25, 0.3) is 0 Å². The number of rotatable bonds is 2. The van der Waals surface area contributed by atoms with Gasteiger partial charge in [0.2, 0.25) is 0 Å². The summed E-state index contributed by atoms with van der Waals surface area (Å²) in [7, 11) is 0. The first kappa shape index (κ1) is 12.3. The lowest BCUT2D eigenvalue weighted by molar-refractivity contribution is -0.188. The van der Waals surface area contributed by atoms with Crippen LogP contribution in [0.2, 0.25) is 0 Å². The van der Waals surface area contributed by atoms with E-state index in [0.717, 1.165) is 45.3 Å². The number of hydrogen-bond acceptors (Lipinski definition) is 3. The molecule has 2 fully saturated rings. The lowest BCUT2D eigenvalue weighted by Crippen LogP contribution is -2.53. The van der Waals surface area contributed by atoms with E-state index >= 15 is 0 Å². The largest absolute Gasteiger partial charge is 0.389 e. The Balaban J connectivity index is 2.05. The highest BCUT2D eigenvalue weighted by molar-refractivity contribution is 4.96. The molecule has 3 heteroatoms. The predicted molar refractivity (Wildman–Crippen MR) is 62.4 cm³/mol. The second-order valence-corrected chi connectivity index (χ2v) is 5.60. The van der Waals surface area contributed by atoms with Crippen molar-refractivity contribution in [3.05, 3.63) is 0 Å². The van der Waals surface area contributed by atoms with Crippen molar-refractivity contribution < 1.29 is 14.6 Å². The fourth-order valence-electron chi connectivity index (χ4n) is 3.00. The van der Waals surface area contributed by atoms with Gasteiger partial charge >= 0.3 is 0 Å². The molecular weight excluding hydrogens is 204 g/mol. The molecule has 0 bridgehead atoms. The quantitative estimate of drug-likeness (QED) is 0.787. The van der Waals surface area contributed by atoms with Gasteiger partial charge in [0.25, 0.3) is 0 Å². The zero-order valence-corrected chi connectivity index (χ0v) is 10.5. The summed E-state index contributed by atoms with van der Waals surface area (Å²) in [5.41, 5.74) is -0.714. The van der Waals surface area contributed by atoms with Crippen LogP contribution in [0.15, 0.2) is 0 Å². The minimum absolute atomic E-state index is 0.148. The van der Waals surface area contributed by atoms with E-state index in [1.807, 2.05) is 0 Å². The van der Waals surface area contributed by atoms with Crippen molar-refractivity contribution in [1.29, 1.82) is 0 Å². The molecule has 2 saturated heterocycles. The van der Waals surface area contributed by atoms with Gasteiger partial charge in [-0.25, -0.2) is 0 Å². The van der Waals surface area contributed by atoms with E-state index in [2.05, 4.69) is 13.8 Å². The SMILES string of the molecule is CCC1(C)CC(O)(C2CCCOC2)CCO1. The van der Waals surface area contributed by atoms with E-state index in [0.29, 0.717) is 12.5 Å². The highest BCUT2D eigenvalue weighted by Gasteiger charge is 2.46. The molecule has 0 amide bonds. The highest BCUT2D eigenvalue weighted by Crippen LogP contribution is 2.41. The van der Waals surface area contributed by atoms with Crippen molar-refractivity contribution in [2.75, 3.05) is 19.8 Å². The lowest BCUT2D eigenvalue weighted by atomic mass is 9.72. The summed E-state index contributed by atoms with van der Waals surface area (Å²) in [5.74, 6) is 0.302. The predicted octanol–water partition coefficient (Wildman–Crippen LogP) is 2.12. The molecule has 0 aliphatic carbocycles. The maximum absolute atomic E-state index is 10.8. The molecule has 0 aromatic carbocycles. The minimum atomic E-state index is -0.566. The third kappa shape index (κ3) is 2.41. The summed E-state index contributed by atoms with van der Waals surface area (Å²) < 4.78 is 11.3. The van der Waals surface area contributed by atoms with Gasteiger partial charge in [-0.15, -0.1) is 0 Å². The first-order valence-electron chi connectivity index (χ1n) is 6.52. The van der Waals surface area contributed by atoms with Gasteiger partial charge in [0, 0.05) is 18.9 Å². The summed E-state index contributed by atoms with van der Waals surface area (Å²) in [6, 6.07) is 0. The number of ether oxygens (including phenoxy) is 2. The molecule has 1 N–H and O–H groups in total. The van der Waals surface area contributed by atoms with Crippen LogP contribution in [0.3, 0.4) is 0 Å². The van der Waals surface area contributed by atoms with Gasteiger partial charge in [0.15, 0.2) is 0 Å². The fourth-order valence-corrected chi connectivity index (χ4v) is 3.00. The van der Waals surface area contributed by atoms with Gasteiger partial charge in [-0.1, -0.05) is 6.92 Å². The molecule has 0 saturated carbocycles. The topological polar surface area (TPSA) is 38.7 Å². The Morgan fingerprint density at radius 3 is 2.81 bits per heavy atom. The third-order valence-electron chi connectivity index (χ3n) is 4.33. The molecule has 2 heterocycles. The number of hydrogen-bond donors (Lipinski definition) is 1. The van der Waals surface area contributed by atoms with Crippen LogP contribution in [-0.2, 0) is 9.47 Å². The van der Waals surface area contributed by atoms with E-state index in [-0.39, 0.29) is 5.60 Å². The van der Waals surface area contributed by atoms with Crippen LogP contribution in [0.4, 0.5) is 0 Å². The second kappa shape index (κ2) is 4.63. The van der Waals surface area contributed by atoms with Crippen molar-refractivity contribution in [1.82, 2.24) is 0 Å². The second-order valence-electron chi connectivity index (χ2n) is 5.60. The van der Waals surface area contributed by atoms with Crippen molar-refractivity contribution in [2.24, 2.45) is 5.92 Å². The maximum Gasteiger partial charge on any atom is 0.0747 e. The summed E-state index contributed by atoms with van der Waals surface area (Å²) >= 11 is 0. The van der Waals surface area contributed by atoms with Gasteiger partial charge in [-0.05, 0) is 32.6 Å². The van der Waals surface area contributed by atoms with Crippen LogP contribution >= 0.6 is 0 Å². The fraction of sp³-hybridized carbons (Fsp3) is 1.00. The molecule has 0 aromatic heterocycles. The Bertz CT molecular complexity index is 237. The third-order valence-corrected chi connectivity index (χ3v) is 4.33. The Labute approximate surface area is 98.1 Å². The minimum Gasteiger partial charge on any atom is -0.389 e. The van der Waals surface area contributed by atoms with Gasteiger partial charge in [0.1, 0.15) is 0 Å². The van der Waals surface area contributed by atoms with E-state index in [9.17, 15) is 5.11 Å². The first-order chi connectivity index (χ1) is 7.58. The molecule has 2 aliphatic rings. The van der Waals surface area contributed by atoms with E-state index in [1.54, 1.807) is 0 Å². The lowest BCUT2D eigenvalue weighted by Gasteiger charge is -2.47. The monoisotopic (exact) mass is 228 g/mol. The van der Waals surface area contributed by atoms with Crippen LogP contribution in [-0.4, -0.2) is 36.1 Å². The van der Waals surface area contributed by atoms with Gasteiger partial charge in [-0.2, -0.15) is 0 Å². The normalized spacial score (nSPS) is 45.6. The van der Waals surface area contributed by atoms with Gasteiger partial charge in [-0.3, -0.25) is 0 Å². The molecule has 0 radical (unpaired) electrons. The zero-order valence-electron chi connectivity index (χ0n) is 10.5. The molecule has 0 aromatic rings. The van der Waals surface area contributed by atoms with E-state index in [1.165, 1.54) is 0 Å². The highest BCUT2D eigenvalue weighted by atomic mass is 16.5. The zero-order chi connectivity index (χ0) is 11.6. The van der Waals surface area contributed by atoms with Crippen LogP contribution in [0, 0.1) is 5.92 Å². The summed E-state index contributed by atoms with van der Waals surface area (Å²) in [6.45, 7) is 6.49. The summed E-state index contributed by atoms with van der Waals surface area (Å²) in [4.78, 5) is 0. The standard InChI is InChI=1S/C13H24O3/c1-3-12(2)10-13(14,6-8-16-12)11-5-4-7-15-9-11/h11,14H,3-10H2,1-2H3. The maximum atomic E-state index is 10.8. The van der Waals surface area contributed by atoms with Crippen LogP contribution < -0.4 is 0 Å². The summed E-state index contributed by atoms with van der Waals surface area (Å²) in [5, 5.41) is 10.8. The van der Waals surface area contributed by atoms with Crippen LogP contribution in [0.1, 0.15) is 46.0 Å². The average Bonchev–Trinajstić information content (AvgIpc) is 2.30. The first-order valence-corrected chi connectivity index (χ1v) is 6.52. The molecule has 2 aliphatic heterocycles. The Kier molecular flexibility index (Phi) is 3.57. The molecule has 3 unspecified atom stereocenters. The smallest absolute Gasteiger partial charge is 0.0747 e. The number of aliphatic hydroxyl groups is 1. The average molecular weight is 228 g/mol. The molecule has 94 valence electrons. The van der Waals surface area contributed by atoms with E-state index < -0.39 is 5.60 Å². The van der Waals surface area contributed by atoms with E-state index in [4.69, 9.17) is 9.47 Å². The Morgan fingerprint density at radius 1 is 1.38 bits per heavy atom. The van der Waals surface area contributed by atoms with Crippen molar-refractivity contribution >= 4 is 0 Å². The molecule has 3 nitrogen and oxygen atoms in total. The molecule has 3 atom stereocenters. The van der Waals surface area contributed by atoms with Gasteiger partial charge in [0.05, 0.1) is 24.4 Å². The Hall–Kier alpha value is -0.120. The van der Waals surface area contributed by atoms with Crippen LogP contribution in [0.5, 0.6) is 0 Å². The molecule has 0 spiro atoms. The van der Waals surface area contributed by atoms with Gasteiger partial charge < -0.3 is 14.6 Å². The Morgan fingerprint density at radius 2 is 2.19 bits per heavy atom.